The SMILES string of the molecule is Cc1cc(Cl)cc2sc(N3CCN(c4nc5ccc(S(C)(=O)=O)cc5s4)CC3)nc12. The van der Waals surface area contributed by atoms with Crippen molar-refractivity contribution in [1.29, 1.82) is 0 Å². The van der Waals surface area contributed by atoms with E-state index in [1.807, 2.05) is 19.1 Å². The minimum Gasteiger partial charge on any atom is -0.345 e. The molecule has 0 atom stereocenters. The minimum atomic E-state index is -3.22. The quantitative estimate of drug-likeness (QED) is 0.428. The zero-order valence-electron chi connectivity index (χ0n) is 16.4. The molecule has 1 saturated heterocycles. The van der Waals surface area contributed by atoms with E-state index in [4.69, 9.17) is 21.6 Å². The van der Waals surface area contributed by atoms with Gasteiger partial charge < -0.3 is 9.80 Å². The van der Waals surface area contributed by atoms with Gasteiger partial charge in [-0.25, -0.2) is 18.4 Å². The molecule has 2 aromatic carbocycles. The van der Waals surface area contributed by atoms with Crippen molar-refractivity contribution in [3.63, 3.8) is 0 Å². The average molecular weight is 479 g/mol. The van der Waals surface area contributed by atoms with Crippen LogP contribution in [0.25, 0.3) is 20.4 Å². The van der Waals surface area contributed by atoms with Crippen molar-refractivity contribution in [2.45, 2.75) is 11.8 Å². The molecule has 0 N–H and O–H groups in total. The number of nitrogens with zero attached hydrogens (tertiary/aromatic N) is 4. The maximum atomic E-state index is 11.8. The summed E-state index contributed by atoms with van der Waals surface area (Å²) in [5, 5.41) is 2.70. The molecule has 1 aliphatic heterocycles. The fraction of sp³-hybridized carbons (Fsp3) is 0.300. The minimum absolute atomic E-state index is 0.334. The number of piperazine rings is 1. The normalized spacial score (nSPS) is 15.4. The highest BCUT2D eigenvalue weighted by Crippen LogP contribution is 2.35. The van der Waals surface area contributed by atoms with E-state index < -0.39 is 9.84 Å². The average Bonchev–Trinajstić information content (AvgIpc) is 3.31. The molecule has 1 fully saturated rings. The second-order valence-corrected chi connectivity index (χ2v) is 11.9. The maximum Gasteiger partial charge on any atom is 0.186 e. The molecule has 0 saturated carbocycles. The van der Waals surface area contributed by atoms with E-state index in [-0.39, 0.29) is 0 Å². The van der Waals surface area contributed by atoms with Crippen molar-refractivity contribution in [3.05, 3.63) is 40.9 Å². The number of benzene rings is 2. The van der Waals surface area contributed by atoms with Crippen LogP contribution in [0.3, 0.4) is 0 Å². The number of aromatic nitrogens is 2. The summed E-state index contributed by atoms with van der Waals surface area (Å²) in [6.07, 6.45) is 1.23. The highest BCUT2D eigenvalue weighted by molar-refractivity contribution is 7.90. The second-order valence-electron chi connectivity index (χ2n) is 7.44. The number of aryl methyl sites for hydroxylation is 1. The number of thiazole rings is 2. The van der Waals surface area contributed by atoms with E-state index in [1.165, 1.54) is 6.26 Å². The Morgan fingerprint density at radius 3 is 2.23 bits per heavy atom. The van der Waals surface area contributed by atoms with Gasteiger partial charge in [0.15, 0.2) is 20.1 Å². The van der Waals surface area contributed by atoms with Crippen molar-refractivity contribution < 1.29 is 8.42 Å². The third kappa shape index (κ3) is 3.64. The van der Waals surface area contributed by atoms with Gasteiger partial charge in [-0.05, 0) is 42.8 Å². The molecule has 3 heterocycles. The number of anilines is 2. The highest BCUT2D eigenvalue weighted by Gasteiger charge is 2.23. The van der Waals surface area contributed by atoms with Gasteiger partial charge in [-0.2, -0.15) is 0 Å². The molecule has 0 aliphatic carbocycles. The Morgan fingerprint density at radius 2 is 1.57 bits per heavy atom. The van der Waals surface area contributed by atoms with Crippen molar-refractivity contribution >= 4 is 74.8 Å². The number of sulfone groups is 1. The molecular weight excluding hydrogens is 460 g/mol. The third-order valence-corrected chi connectivity index (χ3v) is 8.71. The predicted molar refractivity (Wildman–Crippen MR) is 127 cm³/mol. The smallest absolute Gasteiger partial charge is 0.186 e. The van der Waals surface area contributed by atoms with Crippen LogP contribution in [0.2, 0.25) is 5.02 Å². The van der Waals surface area contributed by atoms with Crippen molar-refractivity contribution in [2.24, 2.45) is 0 Å². The Hall–Kier alpha value is -1.94. The van der Waals surface area contributed by atoms with Crippen molar-refractivity contribution in [3.8, 4) is 0 Å². The molecule has 4 aromatic rings. The van der Waals surface area contributed by atoms with E-state index in [2.05, 4.69) is 9.80 Å². The monoisotopic (exact) mass is 478 g/mol. The van der Waals surface area contributed by atoms with Gasteiger partial charge in [-0.1, -0.05) is 34.3 Å². The molecular formula is C20H19ClN4O2S3. The molecule has 0 radical (unpaired) electrons. The molecule has 156 valence electrons. The first-order valence-electron chi connectivity index (χ1n) is 9.45. The van der Waals surface area contributed by atoms with Crippen LogP contribution in [0, 0.1) is 6.92 Å². The van der Waals surface area contributed by atoms with Crippen molar-refractivity contribution in [1.82, 2.24) is 9.97 Å². The Labute approximate surface area is 187 Å². The zero-order chi connectivity index (χ0) is 21.0. The second kappa shape index (κ2) is 7.33. The standard InChI is InChI=1S/C20H19ClN4O2S3/c1-12-9-13(21)10-17-18(12)23-20(29-17)25-7-5-24(6-8-25)19-22-15-4-3-14(30(2,26)27)11-16(15)28-19/h3-4,9-11H,5-8H2,1-2H3. The summed E-state index contributed by atoms with van der Waals surface area (Å²) in [7, 11) is -3.22. The summed E-state index contributed by atoms with van der Waals surface area (Å²) < 4.78 is 25.6. The molecule has 5 rings (SSSR count). The first-order chi connectivity index (χ1) is 14.3. The zero-order valence-corrected chi connectivity index (χ0v) is 19.6. The van der Waals surface area contributed by atoms with E-state index in [1.54, 1.807) is 40.9 Å². The summed E-state index contributed by atoms with van der Waals surface area (Å²) in [4.78, 5) is 14.5. The predicted octanol–water partition coefficient (Wildman–Crippen LogP) is 4.60. The van der Waals surface area contributed by atoms with Crippen LogP contribution >= 0.6 is 34.3 Å². The molecule has 0 unspecified atom stereocenters. The Kier molecular flexibility index (Phi) is 4.89. The summed E-state index contributed by atoms with van der Waals surface area (Å²) in [5.74, 6) is 0. The molecule has 0 spiro atoms. The van der Waals surface area contributed by atoms with Gasteiger partial charge in [0.1, 0.15) is 0 Å². The largest absolute Gasteiger partial charge is 0.345 e. The van der Waals surface area contributed by atoms with Gasteiger partial charge in [0.25, 0.3) is 0 Å². The Balaban J connectivity index is 1.35. The lowest BCUT2D eigenvalue weighted by molar-refractivity contribution is 0.602. The molecule has 0 bridgehead atoms. The van der Waals surface area contributed by atoms with Gasteiger partial charge in [-0.3, -0.25) is 0 Å². The molecule has 10 heteroatoms. The van der Waals surface area contributed by atoms with Gasteiger partial charge in [0, 0.05) is 37.5 Å². The van der Waals surface area contributed by atoms with Crippen molar-refractivity contribution in [2.75, 3.05) is 42.2 Å². The van der Waals surface area contributed by atoms with E-state index in [0.717, 1.165) is 67.5 Å². The third-order valence-electron chi connectivity index (χ3n) is 5.24. The van der Waals surface area contributed by atoms with Crippen LogP contribution in [0.1, 0.15) is 5.56 Å². The van der Waals surface area contributed by atoms with Gasteiger partial charge in [0.05, 0.1) is 25.3 Å². The fourth-order valence-corrected chi connectivity index (χ4v) is 6.88. The fourth-order valence-electron chi connectivity index (χ4n) is 3.63. The Morgan fingerprint density at radius 1 is 0.933 bits per heavy atom. The summed E-state index contributed by atoms with van der Waals surface area (Å²) in [6.45, 7) is 5.44. The molecule has 0 amide bonds. The topological polar surface area (TPSA) is 66.4 Å². The summed E-state index contributed by atoms with van der Waals surface area (Å²) in [6, 6.07) is 9.06. The molecule has 2 aromatic heterocycles. The van der Waals surface area contributed by atoms with Gasteiger partial charge in [-0.15, -0.1) is 0 Å². The number of hydrogen-bond donors (Lipinski definition) is 0. The number of hydrogen-bond acceptors (Lipinski definition) is 8. The lowest BCUT2D eigenvalue weighted by Gasteiger charge is -2.34. The molecule has 6 nitrogen and oxygen atoms in total. The van der Waals surface area contributed by atoms with E-state index in [9.17, 15) is 8.42 Å². The molecule has 30 heavy (non-hydrogen) atoms. The summed E-state index contributed by atoms with van der Waals surface area (Å²) >= 11 is 9.41. The summed E-state index contributed by atoms with van der Waals surface area (Å²) in [5.41, 5.74) is 2.96. The lowest BCUT2D eigenvalue weighted by atomic mass is 10.2. The van der Waals surface area contributed by atoms with Crippen LogP contribution in [-0.2, 0) is 9.84 Å². The van der Waals surface area contributed by atoms with Crippen LogP contribution in [-0.4, -0.2) is 50.8 Å². The number of halogens is 1. The first kappa shape index (κ1) is 20.0. The lowest BCUT2D eigenvalue weighted by Crippen LogP contribution is -2.46. The van der Waals surface area contributed by atoms with Gasteiger partial charge in [0.2, 0.25) is 0 Å². The highest BCUT2D eigenvalue weighted by atomic mass is 35.5. The van der Waals surface area contributed by atoms with Crippen LogP contribution in [0.4, 0.5) is 10.3 Å². The number of rotatable bonds is 3. The van der Waals surface area contributed by atoms with Crippen LogP contribution < -0.4 is 9.80 Å². The van der Waals surface area contributed by atoms with E-state index in [0.29, 0.717) is 4.90 Å². The van der Waals surface area contributed by atoms with Crippen LogP contribution in [0.5, 0.6) is 0 Å². The Bertz CT molecular complexity index is 1370. The maximum absolute atomic E-state index is 11.8. The number of fused-ring (bicyclic) bond motifs is 2. The first-order valence-corrected chi connectivity index (χ1v) is 13.4. The molecule has 1 aliphatic rings. The van der Waals surface area contributed by atoms with Gasteiger partial charge >= 0.3 is 0 Å². The van der Waals surface area contributed by atoms with Crippen LogP contribution in [0.15, 0.2) is 35.2 Å². The van der Waals surface area contributed by atoms with E-state index >= 15 is 0 Å².